The van der Waals surface area contributed by atoms with Gasteiger partial charge in [0.05, 0.1) is 6.20 Å². The molecule has 6 nitrogen and oxygen atoms in total. The Hall–Kier alpha value is -3.15. The second-order valence-electron chi connectivity index (χ2n) is 5.31. The molecular formula is C17H15N5O. The first-order valence-corrected chi connectivity index (χ1v) is 7.32. The van der Waals surface area contributed by atoms with Gasteiger partial charge < -0.3 is 9.73 Å². The number of rotatable bonds is 4. The molecule has 3 aromatic heterocycles. The Balaban J connectivity index is 1.51. The molecule has 3 heterocycles. The normalized spacial score (nSPS) is 11.0. The number of aryl methyl sites for hydroxylation is 1. The van der Waals surface area contributed by atoms with Crippen LogP contribution < -0.4 is 5.32 Å². The summed E-state index contributed by atoms with van der Waals surface area (Å²) in [5.74, 6) is 0. The Morgan fingerprint density at radius 3 is 2.83 bits per heavy atom. The van der Waals surface area contributed by atoms with Crippen molar-refractivity contribution in [1.82, 2.24) is 19.6 Å². The highest BCUT2D eigenvalue weighted by atomic mass is 16.3. The first-order chi connectivity index (χ1) is 11.3. The zero-order valence-corrected chi connectivity index (χ0v) is 12.6. The van der Waals surface area contributed by atoms with Gasteiger partial charge in [-0.1, -0.05) is 12.1 Å². The van der Waals surface area contributed by atoms with E-state index >= 15 is 0 Å². The van der Waals surface area contributed by atoms with Gasteiger partial charge in [0.2, 0.25) is 0 Å². The highest BCUT2D eigenvalue weighted by Crippen LogP contribution is 2.20. The van der Waals surface area contributed by atoms with Gasteiger partial charge in [0.1, 0.15) is 12.0 Å². The molecule has 0 aliphatic rings. The lowest BCUT2D eigenvalue weighted by Gasteiger charge is -2.06. The van der Waals surface area contributed by atoms with E-state index in [4.69, 9.17) is 4.42 Å². The van der Waals surface area contributed by atoms with Gasteiger partial charge in [0.25, 0.3) is 0 Å². The van der Waals surface area contributed by atoms with Gasteiger partial charge in [0.15, 0.2) is 12.0 Å². The Morgan fingerprint density at radius 2 is 2.04 bits per heavy atom. The van der Waals surface area contributed by atoms with Crippen LogP contribution in [-0.2, 0) is 6.54 Å². The molecule has 0 aliphatic heterocycles. The molecule has 0 atom stereocenters. The van der Waals surface area contributed by atoms with E-state index in [1.165, 1.54) is 6.39 Å². The summed E-state index contributed by atoms with van der Waals surface area (Å²) < 4.78 is 6.79. The maximum absolute atomic E-state index is 5.00. The molecule has 6 heteroatoms. The van der Waals surface area contributed by atoms with Gasteiger partial charge in [-0.25, -0.2) is 14.5 Å². The molecule has 0 radical (unpaired) electrons. The van der Waals surface area contributed by atoms with Gasteiger partial charge in [-0.05, 0) is 25.1 Å². The number of oxazole rings is 1. The third kappa shape index (κ3) is 2.66. The van der Waals surface area contributed by atoms with Gasteiger partial charge >= 0.3 is 0 Å². The van der Waals surface area contributed by atoms with E-state index < -0.39 is 0 Å². The predicted molar refractivity (Wildman–Crippen MR) is 87.0 cm³/mol. The number of fused-ring (bicyclic) bond motifs is 1. The Labute approximate surface area is 132 Å². The van der Waals surface area contributed by atoms with E-state index in [-0.39, 0.29) is 0 Å². The first kappa shape index (κ1) is 13.5. The van der Waals surface area contributed by atoms with Crippen molar-refractivity contribution in [2.75, 3.05) is 5.32 Å². The maximum atomic E-state index is 5.00. The van der Waals surface area contributed by atoms with Crippen molar-refractivity contribution in [1.29, 1.82) is 0 Å². The van der Waals surface area contributed by atoms with Crippen molar-refractivity contribution in [3.05, 3.63) is 66.6 Å². The van der Waals surface area contributed by atoms with Crippen LogP contribution in [0.5, 0.6) is 0 Å². The van der Waals surface area contributed by atoms with Crippen molar-refractivity contribution < 1.29 is 4.42 Å². The summed E-state index contributed by atoms with van der Waals surface area (Å²) in [5, 5.41) is 7.71. The lowest BCUT2D eigenvalue weighted by atomic mass is 10.1. The molecule has 0 spiro atoms. The van der Waals surface area contributed by atoms with Crippen molar-refractivity contribution in [3.8, 4) is 11.3 Å². The molecule has 0 bridgehead atoms. The molecule has 0 fully saturated rings. The monoisotopic (exact) mass is 305 g/mol. The number of benzene rings is 1. The smallest absolute Gasteiger partial charge is 0.181 e. The van der Waals surface area contributed by atoms with Crippen LogP contribution in [0.1, 0.15) is 11.3 Å². The largest absolute Gasteiger partial charge is 0.451 e. The number of nitrogens with one attached hydrogen (secondary N) is 1. The Bertz CT molecular complexity index is 925. The van der Waals surface area contributed by atoms with Gasteiger partial charge in [-0.3, -0.25) is 0 Å². The molecule has 1 aromatic carbocycles. The topological polar surface area (TPSA) is 68.2 Å². The summed E-state index contributed by atoms with van der Waals surface area (Å²) in [4.78, 5) is 8.68. The highest BCUT2D eigenvalue weighted by molar-refractivity contribution is 5.62. The van der Waals surface area contributed by atoms with E-state index in [1.807, 2.05) is 49.6 Å². The van der Waals surface area contributed by atoms with E-state index in [1.54, 1.807) is 10.8 Å². The maximum Gasteiger partial charge on any atom is 0.181 e. The van der Waals surface area contributed by atoms with Crippen LogP contribution >= 0.6 is 0 Å². The lowest BCUT2D eigenvalue weighted by Crippen LogP contribution is -2.00. The molecule has 4 rings (SSSR count). The number of anilines is 1. The van der Waals surface area contributed by atoms with Crippen molar-refractivity contribution in [3.63, 3.8) is 0 Å². The number of hydrogen-bond acceptors (Lipinski definition) is 5. The summed E-state index contributed by atoms with van der Waals surface area (Å²) in [6.07, 6.45) is 6.84. The predicted octanol–water partition coefficient (Wildman–Crippen LogP) is 3.30. The average molecular weight is 305 g/mol. The molecule has 0 aliphatic carbocycles. The van der Waals surface area contributed by atoms with Gasteiger partial charge in [-0.2, -0.15) is 5.10 Å². The third-order valence-corrected chi connectivity index (χ3v) is 3.68. The van der Waals surface area contributed by atoms with Crippen molar-refractivity contribution >= 4 is 11.3 Å². The highest BCUT2D eigenvalue weighted by Gasteiger charge is 2.06. The summed E-state index contributed by atoms with van der Waals surface area (Å²) in [7, 11) is 0. The number of hydrogen-bond donors (Lipinski definition) is 1. The van der Waals surface area contributed by atoms with Crippen LogP contribution in [0.15, 0.2) is 59.8 Å². The fourth-order valence-corrected chi connectivity index (χ4v) is 2.44. The van der Waals surface area contributed by atoms with Crippen LogP contribution in [0.4, 0.5) is 5.69 Å². The average Bonchev–Trinajstić information content (AvgIpc) is 3.23. The van der Waals surface area contributed by atoms with Gasteiger partial charge in [0, 0.05) is 35.2 Å². The molecule has 0 amide bonds. The minimum Gasteiger partial charge on any atom is -0.451 e. The number of aromatic nitrogens is 4. The van der Waals surface area contributed by atoms with E-state index in [2.05, 4.69) is 20.4 Å². The molecule has 4 aromatic rings. The van der Waals surface area contributed by atoms with Crippen LogP contribution in [0.3, 0.4) is 0 Å². The summed E-state index contributed by atoms with van der Waals surface area (Å²) in [6.45, 7) is 2.65. The molecule has 0 unspecified atom stereocenters. The summed E-state index contributed by atoms with van der Waals surface area (Å²) in [5.41, 5.74) is 5.82. The molecule has 23 heavy (non-hydrogen) atoms. The first-order valence-electron chi connectivity index (χ1n) is 7.32. The minimum atomic E-state index is 0.670. The van der Waals surface area contributed by atoms with Gasteiger partial charge in [-0.15, -0.1) is 0 Å². The molecule has 0 saturated carbocycles. The fourth-order valence-electron chi connectivity index (χ4n) is 2.44. The van der Waals surface area contributed by atoms with E-state index in [0.717, 1.165) is 33.8 Å². The summed E-state index contributed by atoms with van der Waals surface area (Å²) in [6, 6.07) is 10.0. The van der Waals surface area contributed by atoms with E-state index in [0.29, 0.717) is 6.54 Å². The van der Waals surface area contributed by atoms with Crippen molar-refractivity contribution in [2.45, 2.75) is 13.5 Å². The fraction of sp³-hybridized carbons (Fsp3) is 0.118. The quantitative estimate of drug-likeness (QED) is 0.626. The summed E-state index contributed by atoms with van der Waals surface area (Å²) >= 11 is 0. The Kier molecular flexibility index (Phi) is 3.27. The molecule has 114 valence electrons. The standard InChI is InChI=1S/C17H15N5O/c1-12-6-7-22-17(21-12)14(9-20-22)8-18-15-4-2-13(3-5-15)16-10-23-11-19-16/h2-7,9-11,18H,8H2,1H3. The minimum absolute atomic E-state index is 0.670. The second-order valence-corrected chi connectivity index (χ2v) is 5.31. The zero-order chi connectivity index (χ0) is 15.6. The Morgan fingerprint density at radius 1 is 1.17 bits per heavy atom. The molecule has 1 N–H and O–H groups in total. The van der Waals surface area contributed by atoms with E-state index in [9.17, 15) is 0 Å². The SMILES string of the molecule is Cc1ccn2ncc(CNc3ccc(-c4cocn4)cc3)c2n1. The molecule has 0 saturated heterocycles. The lowest BCUT2D eigenvalue weighted by molar-refractivity contribution is 0.558. The third-order valence-electron chi connectivity index (χ3n) is 3.68. The van der Waals surface area contributed by atoms with Crippen LogP contribution in [0, 0.1) is 6.92 Å². The zero-order valence-electron chi connectivity index (χ0n) is 12.6. The second kappa shape index (κ2) is 5.57. The number of nitrogens with zero attached hydrogens (tertiary/aromatic N) is 4. The van der Waals surface area contributed by atoms with Crippen LogP contribution in [-0.4, -0.2) is 19.6 Å². The van der Waals surface area contributed by atoms with Crippen LogP contribution in [0.2, 0.25) is 0 Å². The molecular weight excluding hydrogens is 290 g/mol. The van der Waals surface area contributed by atoms with Crippen LogP contribution in [0.25, 0.3) is 16.9 Å². The van der Waals surface area contributed by atoms with Crippen molar-refractivity contribution in [2.24, 2.45) is 0 Å².